The number of hydrogen-bond acceptors (Lipinski definition) is 2. The molecule has 11 heavy (non-hydrogen) atoms. The molecule has 1 heterocycles. The Morgan fingerprint density at radius 3 is 2.55 bits per heavy atom. The third kappa shape index (κ3) is 2.80. The van der Waals surface area contributed by atoms with Gasteiger partial charge in [-0.05, 0) is 52.2 Å². The zero-order valence-electron chi connectivity index (χ0n) is 7.55. The Balaban J connectivity index is 2.12. The molecule has 0 spiro atoms. The molecule has 0 radical (unpaired) electrons. The molecule has 1 fully saturated rings. The van der Waals surface area contributed by atoms with Gasteiger partial charge in [0, 0.05) is 6.04 Å². The fraction of sp³-hybridized carbons (Fsp3) is 1.00. The van der Waals surface area contributed by atoms with Crippen LogP contribution in [0.4, 0.5) is 0 Å². The van der Waals surface area contributed by atoms with Crippen LogP contribution in [0.3, 0.4) is 0 Å². The molecule has 0 amide bonds. The van der Waals surface area contributed by atoms with Crippen LogP contribution < -0.4 is 5.73 Å². The van der Waals surface area contributed by atoms with Crippen LogP contribution in [-0.2, 0) is 0 Å². The summed E-state index contributed by atoms with van der Waals surface area (Å²) in [7, 11) is 0. The predicted octanol–water partition coefficient (Wildman–Crippen LogP) is 1.21. The minimum absolute atomic E-state index is 0.765. The number of likely N-dealkylation sites (tertiary alicyclic amines) is 1. The summed E-state index contributed by atoms with van der Waals surface area (Å²) in [5, 5.41) is 0. The van der Waals surface area contributed by atoms with Gasteiger partial charge >= 0.3 is 0 Å². The zero-order chi connectivity index (χ0) is 8.10. The van der Waals surface area contributed by atoms with E-state index >= 15 is 0 Å². The zero-order valence-corrected chi connectivity index (χ0v) is 7.55. The Morgan fingerprint density at radius 2 is 2.00 bits per heavy atom. The van der Waals surface area contributed by atoms with Gasteiger partial charge in [-0.1, -0.05) is 0 Å². The molecule has 2 heteroatoms. The molecule has 0 aliphatic carbocycles. The largest absolute Gasteiger partial charge is 0.330 e. The molecule has 1 atom stereocenters. The molecular formula is C9H20N2. The number of nitrogens with zero attached hydrogens (tertiary/aromatic N) is 1. The lowest BCUT2D eigenvalue weighted by Crippen LogP contribution is -2.30. The van der Waals surface area contributed by atoms with E-state index in [2.05, 4.69) is 11.8 Å². The first-order valence-electron chi connectivity index (χ1n) is 4.78. The molecule has 0 bridgehead atoms. The molecular weight excluding hydrogens is 136 g/mol. The number of nitrogens with two attached hydrogens (primary N) is 1. The molecule has 0 saturated carbocycles. The van der Waals surface area contributed by atoms with Gasteiger partial charge < -0.3 is 10.6 Å². The van der Waals surface area contributed by atoms with Crippen LogP contribution in [0.5, 0.6) is 0 Å². The average molecular weight is 156 g/mol. The summed E-state index contributed by atoms with van der Waals surface area (Å²) >= 11 is 0. The molecule has 0 aromatic rings. The molecule has 1 aliphatic rings. The normalized spacial score (nSPS) is 22.4. The molecule has 66 valence electrons. The van der Waals surface area contributed by atoms with Crippen LogP contribution in [0.15, 0.2) is 0 Å². The summed E-state index contributed by atoms with van der Waals surface area (Å²) in [6.07, 6.45) is 5.24. The Labute approximate surface area is 69.8 Å². The van der Waals surface area contributed by atoms with Crippen molar-refractivity contribution in [1.82, 2.24) is 4.90 Å². The van der Waals surface area contributed by atoms with Gasteiger partial charge in [-0.25, -0.2) is 0 Å². The van der Waals surface area contributed by atoms with Crippen LogP contribution in [0, 0.1) is 0 Å². The van der Waals surface area contributed by atoms with Crippen LogP contribution >= 0.6 is 0 Å². The minimum atomic E-state index is 0.765. The maximum absolute atomic E-state index is 5.46. The molecule has 2 N–H and O–H groups in total. The first-order valence-corrected chi connectivity index (χ1v) is 4.78. The SMILES string of the molecule is C[C@@H](CCCN)N1CCCC1. The van der Waals surface area contributed by atoms with E-state index in [1.165, 1.54) is 38.8 Å². The third-order valence-electron chi connectivity index (χ3n) is 2.59. The van der Waals surface area contributed by atoms with Gasteiger partial charge in [-0.2, -0.15) is 0 Å². The van der Waals surface area contributed by atoms with Crippen LogP contribution in [0.2, 0.25) is 0 Å². The first-order chi connectivity index (χ1) is 5.34. The van der Waals surface area contributed by atoms with Gasteiger partial charge in [0.1, 0.15) is 0 Å². The summed E-state index contributed by atoms with van der Waals surface area (Å²) in [5.41, 5.74) is 5.46. The Hall–Kier alpha value is -0.0800. The quantitative estimate of drug-likeness (QED) is 0.663. The van der Waals surface area contributed by atoms with Gasteiger partial charge in [0.25, 0.3) is 0 Å². The van der Waals surface area contributed by atoms with E-state index in [0.29, 0.717) is 0 Å². The molecule has 1 rings (SSSR count). The van der Waals surface area contributed by atoms with Crippen molar-refractivity contribution < 1.29 is 0 Å². The average Bonchev–Trinajstić information content (AvgIpc) is 2.52. The molecule has 0 unspecified atom stereocenters. The van der Waals surface area contributed by atoms with Gasteiger partial charge in [-0.15, -0.1) is 0 Å². The molecule has 0 aromatic heterocycles. The topological polar surface area (TPSA) is 29.3 Å². The third-order valence-corrected chi connectivity index (χ3v) is 2.59. The predicted molar refractivity (Wildman–Crippen MR) is 48.6 cm³/mol. The Morgan fingerprint density at radius 1 is 1.36 bits per heavy atom. The van der Waals surface area contributed by atoms with Crippen molar-refractivity contribution in [2.75, 3.05) is 19.6 Å². The smallest absolute Gasteiger partial charge is 0.00673 e. The van der Waals surface area contributed by atoms with E-state index in [1.807, 2.05) is 0 Å². The second-order valence-corrected chi connectivity index (χ2v) is 3.52. The highest BCUT2D eigenvalue weighted by atomic mass is 15.2. The molecule has 1 aliphatic heterocycles. The molecule has 0 aromatic carbocycles. The van der Waals surface area contributed by atoms with E-state index in [-0.39, 0.29) is 0 Å². The van der Waals surface area contributed by atoms with Gasteiger partial charge in [0.05, 0.1) is 0 Å². The van der Waals surface area contributed by atoms with Gasteiger partial charge in [0.15, 0.2) is 0 Å². The van der Waals surface area contributed by atoms with Crippen LogP contribution in [0.25, 0.3) is 0 Å². The van der Waals surface area contributed by atoms with Crippen molar-refractivity contribution in [2.24, 2.45) is 5.73 Å². The Bertz CT molecular complexity index is 97.7. The lowest BCUT2D eigenvalue weighted by atomic mass is 10.1. The van der Waals surface area contributed by atoms with E-state index in [9.17, 15) is 0 Å². The number of hydrogen-bond donors (Lipinski definition) is 1. The first kappa shape index (κ1) is 9.01. The van der Waals surface area contributed by atoms with E-state index in [1.54, 1.807) is 0 Å². The van der Waals surface area contributed by atoms with Gasteiger partial charge in [0.2, 0.25) is 0 Å². The van der Waals surface area contributed by atoms with Crippen molar-refractivity contribution in [1.29, 1.82) is 0 Å². The fourth-order valence-electron chi connectivity index (χ4n) is 1.78. The number of rotatable bonds is 4. The highest BCUT2D eigenvalue weighted by molar-refractivity contribution is 4.72. The summed E-state index contributed by atoms with van der Waals surface area (Å²) in [4.78, 5) is 2.58. The van der Waals surface area contributed by atoms with Crippen LogP contribution in [-0.4, -0.2) is 30.6 Å². The Kier molecular flexibility index (Phi) is 3.87. The maximum atomic E-state index is 5.46. The van der Waals surface area contributed by atoms with E-state index in [4.69, 9.17) is 5.73 Å². The monoisotopic (exact) mass is 156 g/mol. The van der Waals surface area contributed by atoms with Crippen LogP contribution in [0.1, 0.15) is 32.6 Å². The summed E-state index contributed by atoms with van der Waals surface area (Å²) in [5.74, 6) is 0. The van der Waals surface area contributed by atoms with Crippen molar-refractivity contribution in [3.05, 3.63) is 0 Å². The van der Waals surface area contributed by atoms with Crippen molar-refractivity contribution >= 4 is 0 Å². The second kappa shape index (κ2) is 4.73. The molecule has 2 nitrogen and oxygen atoms in total. The van der Waals surface area contributed by atoms with Gasteiger partial charge in [-0.3, -0.25) is 0 Å². The van der Waals surface area contributed by atoms with Crippen molar-refractivity contribution in [3.8, 4) is 0 Å². The highest BCUT2D eigenvalue weighted by Crippen LogP contribution is 2.14. The second-order valence-electron chi connectivity index (χ2n) is 3.52. The van der Waals surface area contributed by atoms with E-state index < -0.39 is 0 Å². The van der Waals surface area contributed by atoms with Crippen molar-refractivity contribution in [2.45, 2.75) is 38.6 Å². The summed E-state index contributed by atoms with van der Waals surface area (Å²) < 4.78 is 0. The standard InChI is InChI=1S/C9H20N2/c1-9(5-4-6-10)11-7-2-3-8-11/h9H,2-8,10H2,1H3/t9-/m0/s1. The summed E-state index contributed by atoms with van der Waals surface area (Å²) in [6, 6.07) is 0.765. The fourth-order valence-corrected chi connectivity index (χ4v) is 1.78. The molecule has 1 saturated heterocycles. The minimum Gasteiger partial charge on any atom is -0.330 e. The lowest BCUT2D eigenvalue weighted by molar-refractivity contribution is 0.244. The maximum Gasteiger partial charge on any atom is 0.00673 e. The highest BCUT2D eigenvalue weighted by Gasteiger charge is 2.16. The van der Waals surface area contributed by atoms with E-state index in [0.717, 1.165) is 12.6 Å². The van der Waals surface area contributed by atoms with Crippen molar-refractivity contribution in [3.63, 3.8) is 0 Å². The summed E-state index contributed by atoms with van der Waals surface area (Å²) in [6.45, 7) is 5.79. The lowest BCUT2D eigenvalue weighted by Gasteiger charge is -2.23.